The third-order valence-corrected chi connectivity index (χ3v) is 13.7. The van der Waals surface area contributed by atoms with Crippen molar-refractivity contribution in [2.75, 3.05) is 0 Å². The summed E-state index contributed by atoms with van der Waals surface area (Å²) < 4.78 is 0. The molecule has 0 bridgehead atoms. The van der Waals surface area contributed by atoms with Crippen molar-refractivity contribution in [2.24, 2.45) is 0 Å². The highest BCUT2D eigenvalue weighted by Gasteiger charge is 2.37. The van der Waals surface area contributed by atoms with Crippen LogP contribution in [0.2, 0.25) is 0 Å². The molecule has 0 N–H and O–H groups in total. The molecule has 274 valence electrons. The highest BCUT2D eigenvalue weighted by atomic mass is 14.6. The van der Waals surface area contributed by atoms with Gasteiger partial charge in [0.2, 0.25) is 0 Å². The Morgan fingerprint density at radius 2 is 0.810 bits per heavy atom. The van der Waals surface area contributed by atoms with Gasteiger partial charge in [0.05, 0.1) is 5.52 Å². The number of fused-ring (bicyclic) bond motifs is 11. The van der Waals surface area contributed by atoms with E-state index in [4.69, 9.17) is 4.98 Å². The van der Waals surface area contributed by atoms with Crippen molar-refractivity contribution in [3.8, 4) is 55.6 Å². The van der Waals surface area contributed by atoms with Gasteiger partial charge >= 0.3 is 0 Å². The van der Waals surface area contributed by atoms with Crippen LogP contribution in [0.3, 0.4) is 0 Å². The second-order valence-electron chi connectivity index (χ2n) is 17.5. The second kappa shape index (κ2) is 11.9. The lowest BCUT2D eigenvalue weighted by Gasteiger charge is -2.24. The summed E-state index contributed by atoms with van der Waals surface area (Å²) in [7, 11) is 0. The summed E-state index contributed by atoms with van der Waals surface area (Å²) in [5.74, 6) is 0. The van der Waals surface area contributed by atoms with E-state index in [9.17, 15) is 0 Å². The van der Waals surface area contributed by atoms with Gasteiger partial charge in [0.1, 0.15) is 0 Å². The Hall–Kier alpha value is -6.83. The van der Waals surface area contributed by atoms with Crippen molar-refractivity contribution in [2.45, 2.75) is 38.5 Å². The highest BCUT2D eigenvalue weighted by Crippen LogP contribution is 2.54. The van der Waals surface area contributed by atoms with Gasteiger partial charge in [0.15, 0.2) is 0 Å². The summed E-state index contributed by atoms with van der Waals surface area (Å²) in [5, 5.41) is 8.61. The van der Waals surface area contributed by atoms with Crippen LogP contribution in [0.5, 0.6) is 0 Å². The molecular weight excluding hydrogens is 699 g/mol. The minimum Gasteiger partial charge on any atom is -0.256 e. The normalized spacial score (nSPS) is 14.5. The fourth-order valence-electron chi connectivity index (χ4n) is 10.8. The molecule has 1 heterocycles. The molecule has 9 aromatic carbocycles. The van der Waals surface area contributed by atoms with Gasteiger partial charge in [-0.3, -0.25) is 4.98 Å². The van der Waals surface area contributed by atoms with Crippen LogP contribution in [0.15, 0.2) is 176 Å². The number of rotatable bonds is 3. The van der Waals surface area contributed by atoms with E-state index in [2.05, 4.69) is 198 Å². The number of nitrogens with zero attached hydrogens (tertiary/aromatic N) is 1. The minimum absolute atomic E-state index is 0.0966. The Morgan fingerprint density at radius 1 is 0.328 bits per heavy atom. The molecule has 2 aliphatic carbocycles. The Balaban J connectivity index is 1.17. The zero-order chi connectivity index (χ0) is 38.9. The van der Waals surface area contributed by atoms with Gasteiger partial charge in [-0.05, 0) is 135 Å². The maximum Gasteiger partial charge on any atom is 0.0786 e. The van der Waals surface area contributed by atoms with E-state index in [1.54, 1.807) is 0 Å². The van der Waals surface area contributed by atoms with Gasteiger partial charge in [0, 0.05) is 27.8 Å². The molecule has 10 aromatic rings. The van der Waals surface area contributed by atoms with Crippen LogP contribution in [0.4, 0.5) is 0 Å². The lowest BCUT2D eigenvalue weighted by molar-refractivity contribution is 0.660. The Labute approximate surface area is 339 Å². The molecule has 0 unspecified atom stereocenters. The van der Waals surface area contributed by atoms with Gasteiger partial charge in [0.25, 0.3) is 0 Å². The Kier molecular flexibility index (Phi) is 6.81. The van der Waals surface area contributed by atoms with E-state index < -0.39 is 0 Å². The zero-order valence-electron chi connectivity index (χ0n) is 33.2. The van der Waals surface area contributed by atoms with E-state index in [-0.39, 0.29) is 10.8 Å². The molecule has 0 saturated carbocycles. The van der Waals surface area contributed by atoms with Crippen LogP contribution in [0.25, 0.3) is 98.9 Å². The van der Waals surface area contributed by atoms with Crippen molar-refractivity contribution in [1.82, 2.24) is 4.98 Å². The number of aromatic nitrogens is 1. The molecule has 0 atom stereocenters. The van der Waals surface area contributed by atoms with Crippen LogP contribution in [0.1, 0.15) is 49.9 Å². The van der Waals surface area contributed by atoms with Gasteiger partial charge in [-0.2, -0.15) is 0 Å². The molecule has 0 aliphatic heterocycles. The first-order valence-electron chi connectivity index (χ1n) is 20.5. The summed E-state index contributed by atoms with van der Waals surface area (Å²) in [6.07, 6.45) is 1.92. The van der Waals surface area contributed by atoms with Gasteiger partial charge in [-0.25, -0.2) is 0 Å². The Morgan fingerprint density at radius 3 is 1.45 bits per heavy atom. The summed E-state index contributed by atoms with van der Waals surface area (Å²) >= 11 is 0. The minimum atomic E-state index is -0.107. The molecule has 12 rings (SSSR count). The molecule has 2 aliphatic rings. The number of hydrogen-bond donors (Lipinski definition) is 0. The zero-order valence-corrected chi connectivity index (χ0v) is 33.2. The predicted octanol–water partition coefficient (Wildman–Crippen LogP) is 15.3. The third kappa shape index (κ3) is 4.50. The monoisotopic (exact) mass is 739 g/mol. The van der Waals surface area contributed by atoms with Crippen LogP contribution in [-0.2, 0) is 10.8 Å². The molecule has 0 fully saturated rings. The molecule has 0 amide bonds. The standard InChI is InChI=1S/C57H41N/c1-56(2)49-21-11-9-16-39(49)41-26-24-36(32-51(41)56)53-43-18-7-8-19-44(43)54(37-25-27-42-40-17-10-12-22-50(40)57(3,4)52(42)33-37)48-31-35(23-28-45(48)53)47-30-34-14-5-6-15-38(34)55-46(47)20-13-29-58-55/h5-33H,1-4H3. The van der Waals surface area contributed by atoms with Crippen LogP contribution in [-0.4, -0.2) is 4.98 Å². The molecule has 0 saturated heterocycles. The van der Waals surface area contributed by atoms with Crippen LogP contribution in [0, 0.1) is 0 Å². The lowest BCUT2D eigenvalue weighted by atomic mass is 9.79. The second-order valence-corrected chi connectivity index (χ2v) is 17.5. The van der Waals surface area contributed by atoms with E-state index in [1.807, 2.05) is 6.20 Å². The highest BCUT2D eigenvalue weighted by molar-refractivity contribution is 6.23. The summed E-state index contributed by atoms with van der Waals surface area (Å²) in [5.41, 5.74) is 19.3. The maximum absolute atomic E-state index is 4.94. The topological polar surface area (TPSA) is 12.9 Å². The van der Waals surface area contributed by atoms with E-state index in [0.29, 0.717) is 0 Å². The van der Waals surface area contributed by atoms with Crippen molar-refractivity contribution in [1.29, 1.82) is 0 Å². The van der Waals surface area contributed by atoms with Crippen molar-refractivity contribution < 1.29 is 0 Å². The predicted molar refractivity (Wildman–Crippen MR) is 246 cm³/mol. The van der Waals surface area contributed by atoms with Gasteiger partial charge in [-0.1, -0.05) is 167 Å². The summed E-state index contributed by atoms with van der Waals surface area (Å²) in [6.45, 7) is 9.52. The molecule has 1 aromatic heterocycles. The number of pyridine rings is 1. The fourth-order valence-corrected chi connectivity index (χ4v) is 10.8. The SMILES string of the molecule is CC1(C)c2ccccc2-c2ccc(-c3c4ccccc4c(-c4ccc5c(c4)C(C)(C)c4ccccc4-5)c4cc(-c5cc6ccccc6c6ncccc56)ccc34)cc21. The third-order valence-electron chi connectivity index (χ3n) is 13.7. The largest absolute Gasteiger partial charge is 0.256 e. The number of benzene rings is 9. The van der Waals surface area contributed by atoms with Crippen molar-refractivity contribution in [3.63, 3.8) is 0 Å². The van der Waals surface area contributed by atoms with Crippen molar-refractivity contribution >= 4 is 43.2 Å². The molecule has 0 spiro atoms. The Bertz CT molecular complexity index is 3400. The molecule has 1 nitrogen and oxygen atoms in total. The van der Waals surface area contributed by atoms with E-state index in [1.165, 1.54) is 116 Å². The average molecular weight is 740 g/mol. The van der Waals surface area contributed by atoms with Crippen molar-refractivity contribution in [3.05, 3.63) is 198 Å². The fraction of sp³-hybridized carbons (Fsp3) is 0.105. The first-order valence-corrected chi connectivity index (χ1v) is 20.5. The van der Waals surface area contributed by atoms with E-state index >= 15 is 0 Å². The molecule has 1 heteroatoms. The number of hydrogen-bond acceptors (Lipinski definition) is 1. The molecular formula is C57H41N. The average Bonchev–Trinajstić information content (AvgIpc) is 3.64. The maximum atomic E-state index is 4.94. The first kappa shape index (κ1) is 33.3. The summed E-state index contributed by atoms with van der Waals surface area (Å²) in [6, 6.07) is 63.9. The first-order chi connectivity index (χ1) is 28.3. The van der Waals surface area contributed by atoms with Crippen LogP contribution < -0.4 is 0 Å². The van der Waals surface area contributed by atoms with Gasteiger partial charge in [-0.15, -0.1) is 0 Å². The van der Waals surface area contributed by atoms with E-state index in [0.717, 1.165) is 5.52 Å². The quantitative estimate of drug-likeness (QED) is 0.130. The lowest BCUT2D eigenvalue weighted by Crippen LogP contribution is -2.15. The molecule has 58 heavy (non-hydrogen) atoms. The van der Waals surface area contributed by atoms with Gasteiger partial charge < -0.3 is 0 Å². The molecule has 0 radical (unpaired) electrons. The van der Waals surface area contributed by atoms with Crippen LogP contribution >= 0.6 is 0 Å². The smallest absolute Gasteiger partial charge is 0.0786 e. The summed E-state index contributed by atoms with van der Waals surface area (Å²) in [4.78, 5) is 4.94.